The summed E-state index contributed by atoms with van der Waals surface area (Å²) in [5, 5.41) is 4.15. The van der Waals surface area contributed by atoms with E-state index >= 15 is 0 Å². The van der Waals surface area contributed by atoms with Crippen LogP contribution in [0.2, 0.25) is 0 Å². The van der Waals surface area contributed by atoms with Crippen LogP contribution in [0.3, 0.4) is 0 Å². The first kappa shape index (κ1) is 15.2. The van der Waals surface area contributed by atoms with Crippen molar-refractivity contribution in [2.75, 3.05) is 12.4 Å². The number of rotatable bonds is 6. The molecule has 3 aromatic rings. The molecule has 0 aliphatic heterocycles. The van der Waals surface area contributed by atoms with E-state index in [4.69, 9.17) is 4.74 Å². The van der Waals surface area contributed by atoms with Crippen LogP contribution in [0.5, 0.6) is 5.75 Å². The van der Waals surface area contributed by atoms with Crippen molar-refractivity contribution in [3.05, 3.63) is 60.3 Å². The summed E-state index contributed by atoms with van der Waals surface area (Å²) in [6.07, 6.45) is 4.25. The highest BCUT2D eigenvalue weighted by Crippen LogP contribution is 2.20. The number of nitrogens with one attached hydrogen (secondary N) is 2. The molecule has 2 N–H and O–H groups in total. The summed E-state index contributed by atoms with van der Waals surface area (Å²) in [5.74, 6) is 0.817. The molecule has 0 aliphatic rings. The lowest BCUT2D eigenvalue weighted by atomic mass is 10.1. The third-order valence-corrected chi connectivity index (χ3v) is 3.90. The van der Waals surface area contributed by atoms with Crippen molar-refractivity contribution in [3.63, 3.8) is 0 Å². The van der Waals surface area contributed by atoms with Crippen LogP contribution in [0, 0.1) is 0 Å². The number of aromatic amines is 1. The lowest BCUT2D eigenvalue weighted by molar-refractivity contribution is -0.116. The lowest BCUT2D eigenvalue weighted by Gasteiger charge is -2.06. The molecule has 0 aliphatic carbocycles. The molecule has 1 heterocycles. The average molecular weight is 308 g/mol. The number of benzene rings is 2. The van der Waals surface area contributed by atoms with E-state index in [0.717, 1.165) is 29.8 Å². The van der Waals surface area contributed by atoms with E-state index in [1.54, 1.807) is 7.11 Å². The molecule has 118 valence electrons. The molecular weight excluding hydrogens is 288 g/mol. The fourth-order valence-corrected chi connectivity index (χ4v) is 2.68. The van der Waals surface area contributed by atoms with Gasteiger partial charge in [-0.3, -0.25) is 4.79 Å². The number of hydrogen-bond donors (Lipinski definition) is 2. The Morgan fingerprint density at radius 2 is 1.91 bits per heavy atom. The summed E-state index contributed by atoms with van der Waals surface area (Å²) in [6.45, 7) is 0. The molecule has 0 saturated carbocycles. The zero-order valence-corrected chi connectivity index (χ0v) is 13.1. The lowest BCUT2D eigenvalue weighted by Crippen LogP contribution is -2.11. The predicted molar refractivity (Wildman–Crippen MR) is 92.9 cm³/mol. The van der Waals surface area contributed by atoms with Crippen molar-refractivity contribution >= 4 is 22.5 Å². The zero-order valence-electron chi connectivity index (χ0n) is 13.1. The number of aromatic nitrogens is 1. The van der Waals surface area contributed by atoms with Gasteiger partial charge in [-0.25, -0.2) is 0 Å². The van der Waals surface area contributed by atoms with Crippen LogP contribution in [0.25, 0.3) is 10.9 Å². The van der Waals surface area contributed by atoms with Gasteiger partial charge in [0.05, 0.1) is 7.11 Å². The molecule has 3 rings (SSSR count). The Bertz CT molecular complexity index is 790. The first-order chi connectivity index (χ1) is 11.3. The van der Waals surface area contributed by atoms with Crippen LogP contribution in [-0.4, -0.2) is 18.0 Å². The molecule has 0 radical (unpaired) electrons. The fourth-order valence-electron chi connectivity index (χ4n) is 2.68. The van der Waals surface area contributed by atoms with Gasteiger partial charge < -0.3 is 15.0 Å². The van der Waals surface area contributed by atoms with Gasteiger partial charge in [-0.1, -0.05) is 18.2 Å². The van der Waals surface area contributed by atoms with Crippen molar-refractivity contribution in [1.82, 2.24) is 4.98 Å². The zero-order chi connectivity index (χ0) is 16.1. The van der Waals surface area contributed by atoms with Crippen LogP contribution in [0.15, 0.2) is 54.7 Å². The monoisotopic (exact) mass is 308 g/mol. The minimum absolute atomic E-state index is 0.0370. The number of anilines is 1. The van der Waals surface area contributed by atoms with Gasteiger partial charge in [0.15, 0.2) is 0 Å². The summed E-state index contributed by atoms with van der Waals surface area (Å²) in [5.41, 5.74) is 3.20. The SMILES string of the molecule is COc1ccc(NC(=O)CCCc2c[nH]c3ccccc23)cc1. The van der Waals surface area contributed by atoms with Gasteiger partial charge in [-0.05, 0) is 48.7 Å². The fraction of sp³-hybridized carbons (Fsp3) is 0.211. The molecule has 0 bridgehead atoms. The minimum atomic E-state index is 0.0370. The maximum Gasteiger partial charge on any atom is 0.224 e. The third kappa shape index (κ3) is 3.72. The van der Waals surface area contributed by atoms with Gasteiger partial charge in [-0.2, -0.15) is 0 Å². The summed E-state index contributed by atoms with van der Waals surface area (Å²) in [7, 11) is 1.62. The maximum atomic E-state index is 12.0. The number of fused-ring (bicyclic) bond motifs is 1. The molecule has 0 unspecified atom stereocenters. The van der Waals surface area contributed by atoms with Crippen molar-refractivity contribution in [2.24, 2.45) is 0 Å². The van der Waals surface area contributed by atoms with Gasteiger partial charge in [0.25, 0.3) is 0 Å². The molecule has 4 heteroatoms. The summed E-state index contributed by atoms with van der Waals surface area (Å²) < 4.78 is 5.10. The number of aryl methyl sites for hydroxylation is 1. The first-order valence-corrected chi connectivity index (χ1v) is 7.75. The van der Waals surface area contributed by atoms with E-state index < -0.39 is 0 Å². The minimum Gasteiger partial charge on any atom is -0.497 e. The standard InChI is InChI=1S/C19H20N2O2/c1-23-16-11-9-15(10-12-16)21-19(22)8-4-5-14-13-20-18-7-3-2-6-17(14)18/h2-3,6-7,9-13,20H,4-5,8H2,1H3,(H,21,22). The Kier molecular flexibility index (Phi) is 4.62. The maximum absolute atomic E-state index is 12.0. The van der Waals surface area contributed by atoms with Crippen LogP contribution >= 0.6 is 0 Å². The second-order valence-electron chi connectivity index (χ2n) is 5.49. The Labute approximate surface area is 135 Å². The number of carbonyl (C=O) groups excluding carboxylic acids is 1. The molecule has 0 fully saturated rings. The molecule has 1 aromatic heterocycles. The largest absolute Gasteiger partial charge is 0.497 e. The summed E-state index contributed by atoms with van der Waals surface area (Å²) in [4.78, 5) is 15.3. The molecule has 0 atom stereocenters. The molecular formula is C19H20N2O2. The Morgan fingerprint density at radius 1 is 1.13 bits per heavy atom. The first-order valence-electron chi connectivity index (χ1n) is 7.75. The smallest absolute Gasteiger partial charge is 0.224 e. The Morgan fingerprint density at radius 3 is 2.70 bits per heavy atom. The van der Waals surface area contributed by atoms with Crippen LogP contribution in [0.1, 0.15) is 18.4 Å². The number of H-pyrrole nitrogens is 1. The topological polar surface area (TPSA) is 54.1 Å². The predicted octanol–water partition coefficient (Wildman–Crippen LogP) is 4.14. The van der Waals surface area contributed by atoms with Crippen LogP contribution < -0.4 is 10.1 Å². The van der Waals surface area contributed by atoms with Gasteiger partial charge in [-0.15, -0.1) is 0 Å². The number of methoxy groups -OCH3 is 1. The van der Waals surface area contributed by atoms with Crippen molar-refractivity contribution in [2.45, 2.75) is 19.3 Å². The highest BCUT2D eigenvalue weighted by molar-refractivity contribution is 5.90. The Balaban J connectivity index is 1.51. The molecule has 0 saturated heterocycles. The third-order valence-electron chi connectivity index (χ3n) is 3.90. The van der Waals surface area contributed by atoms with E-state index in [1.165, 1.54) is 10.9 Å². The van der Waals surface area contributed by atoms with Crippen LogP contribution in [-0.2, 0) is 11.2 Å². The van der Waals surface area contributed by atoms with Crippen molar-refractivity contribution in [1.29, 1.82) is 0 Å². The quantitative estimate of drug-likeness (QED) is 0.719. The van der Waals surface area contributed by atoms with Crippen LogP contribution in [0.4, 0.5) is 5.69 Å². The molecule has 1 amide bonds. The Hall–Kier alpha value is -2.75. The van der Waals surface area contributed by atoms with E-state index in [0.29, 0.717) is 6.42 Å². The number of hydrogen-bond acceptors (Lipinski definition) is 2. The van der Waals surface area contributed by atoms with Gasteiger partial charge in [0.1, 0.15) is 5.75 Å². The second-order valence-corrected chi connectivity index (χ2v) is 5.49. The average Bonchev–Trinajstić information content (AvgIpc) is 2.99. The van der Waals surface area contributed by atoms with E-state index in [1.807, 2.05) is 42.6 Å². The highest BCUT2D eigenvalue weighted by Gasteiger charge is 2.06. The normalized spacial score (nSPS) is 10.7. The van der Waals surface area contributed by atoms with E-state index in [9.17, 15) is 4.79 Å². The summed E-state index contributed by atoms with van der Waals surface area (Å²) in [6, 6.07) is 15.6. The number of ether oxygens (including phenoxy) is 1. The molecule has 0 spiro atoms. The summed E-state index contributed by atoms with van der Waals surface area (Å²) >= 11 is 0. The molecule has 4 nitrogen and oxygen atoms in total. The van der Waals surface area contributed by atoms with Gasteiger partial charge in [0, 0.05) is 29.2 Å². The van der Waals surface area contributed by atoms with E-state index in [2.05, 4.69) is 22.4 Å². The van der Waals surface area contributed by atoms with Gasteiger partial charge in [0.2, 0.25) is 5.91 Å². The number of para-hydroxylation sites is 1. The van der Waals surface area contributed by atoms with Crippen molar-refractivity contribution in [3.8, 4) is 5.75 Å². The second kappa shape index (κ2) is 7.01. The molecule has 23 heavy (non-hydrogen) atoms. The molecule has 2 aromatic carbocycles. The van der Waals surface area contributed by atoms with Gasteiger partial charge >= 0.3 is 0 Å². The highest BCUT2D eigenvalue weighted by atomic mass is 16.5. The van der Waals surface area contributed by atoms with Crippen molar-refractivity contribution < 1.29 is 9.53 Å². The number of carbonyl (C=O) groups is 1. The number of amides is 1. The van der Waals surface area contributed by atoms with E-state index in [-0.39, 0.29) is 5.91 Å².